The minimum Gasteiger partial charge on any atom is -0.357 e. The van der Waals surface area contributed by atoms with E-state index in [9.17, 15) is 4.79 Å². The predicted octanol–water partition coefficient (Wildman–Crippen LogP) is 3.23. The van der Waals surface area contributed by atoms with Crippen molar-refractivity contribution < 1.29 is 4.79 Å². The summed E-state index contributed by atoms with van der Waals surface area (Å²) in [5.74, 6) is 1.09. The molecule has 1 saturated heterocycles. The van der Waals surface area contributed by atoms with Crippen molar-refractivity contribution in [3.05, 3.63) is 52.8 Å². The zero-order valence-electron chi connectivity index (χ0n) is 18.9. The molecule has 0 radical (unpaired) electrons. The Balaban J connectivity index is 0.00000341. The van der Waals surface area contributed by atoms with Gasteiger partial charge in [0, 0.05) is 43.9 Å². The molecule has 1 aromatic heterocycles. The molecule has 1 aromatic carbocycles. The maximum atomic E-state index is 11.7. The third kappa shape index (κ3) is 7.22. The van der Waals surface area contributed by atoms with Crippen LogP contribution in [0.4, 0.5) is 0 Å². The van der Waals surface area contributed by atoms with Crippen molar-refractivity contribution >= 4 is 35.8 Å². The maximum Gasteiger partial charge on any atom is 0.222 e. The van der Waals surface area contributed by atoms with Crippen LogP contribution in [-0.4, -0.2) is 52.7 Å². The summed E-state index contributed by atoms with van der Waals surface area (Å²) in [6, 6.07) is 10.4. The number of carbonyl (C=O) groups is 1. The molecule has 1 fully saturated rings. The van der Waals surface area contributed by atoms with Crippen LogP contribution in [0.2, 0.25) is 0 Å². The number of carbonyl (C=O) groups excluding carboxylic acids is 1. The van der Waals surface area contributed by atoms with Crippen molar-refractivity contribution in [2.45, 2.75) is 53.1 Å². The van der Waals surface area contributed by atoms with Gasteiger partial charge in [-0.2, -0.15) is 5.10 Å². The van der Waals surface area contributed by atoms with Gasteiger partial charge in [-0.3, -0.25) is 9.48 Å². The van der Waals surface area contributed by atoms with E-state index >= 15 is 0 Å². The van der Waals surface area contributed by atoms with E-state index in [1.54, 1.807) is 0 Å². The van der Waals surface area contributed by atoms with Crippen LogP contribution >= 0.6 is 24.0 Å². The molecular weight excluding hydrogens is 503 g/mol. The molecule has 3 rings (SSSR count). The number of rotatable bonds is 9. The van der Waals surface area contributed by atoms with Gasteiger partial charge in [-0.05, 0) is 39.2 Å². The fourth-order valence-electron chi connectivity index (χ4n) is 3.79. The summed E-state index contributed by atoms with van der Waals surface area (Å²) in [4.78, 5) is 18.4. The first-order valence-corrected chi connectivity index (χ1v) is 10.9. The van der Waals surface area contributed by atoms with Crippen LogP contribution < -0.4 is 10.6 Å². The Hall–Kier alpha value is -2.10. The SMILES string of the molecule is CCNC(=NCc1c(C)nn(Cc2ccccc2)c1C)NCCCN1CCCC1=O.I. The van der Waals surface area contributed by atoms with Crippen LogP contribution in [0.5, 0.6) is 0 Å². The third-order valence-corrected chi connectivity index (χ3v) is 5.51. The number of hydrogen-bond acceptors (Lipinski definition) is 3. The molecule has 170 valence electrons. The lowest BCUT2D eigenvalue weighted by Gasteiger charge is -2.16. The average Bonchev–Trinajstić information content (AvgIpc) is 3.26. The van der Waals surface area contributed by atoms with E-state index in [0.717, 1.165) is 62.9 Å². The highest BCUT2D eigenvalue weighted by atomic mass is 127. The Morgan fingerprint density at radius 3 is 2.65 bits per heavy atom. The van der Waals surface area contributed by atoms with Crippen molar-refractivity contribution in [3.63, 3.8) is 0 Å². The van der Waals surface area contributed by atoms with E-state index in [0.29, 0.717) is 13.0 Å². The van der Waals surface area contributed by atoms with Crippen LogP contribution in [0.15, 0.2) is 35.3 Å². The number of guanidine groups is 1. The van der Waals surface area contributed by atoms with E-state index in [-0.39, 0.29) is 29.9 Å². The summed E-state index contributed by atoms with van der Waals surface area (Å²) in [5.41, 5.74) is 4.59. The molecule has 7 nitrogen and oxygen atoms in total. The molecule has 1 aliphatic heterocycles. The standard InChI is InChI=1S/C23H34N6O.HI/c1-4-24-23(25-13-9-15-28-14-8-12-22(28)30)26-16-21-18(2)27-29(19(21)3)17-20-10-6-5-7-11-20;/h5-7,10-11H,4,8-9,12-17H2,1-3H3,(H2,24,25,26);1H. The molecule has 0 bridgehead atoms. The Bertz CT molecular complexity index is 864. The topological polar surface area (TPSA) is 74.6 Å². The number of amides is 1. The van der Waals surface area contributed by atoms with Crippen LogP contribution in [0.25, 0.3) is 0 Å². The molecule has 31 heavy (non-hydrogen) atoms. The number of aliphatic imine (C=N–C) groups is 1. The molecular formula is C23H35IN6O. The summed E-state index contributed by atoms with van der Waals surface area (Å²) in [6.45, 7) is 10.9. The monoisotopic (exact) mass is 538 g/mol. The van der Waals surface area contributed by atoms with Crippen molar-refractivity contribution in [2.24, 2.45) is 4.99 Å². The summed E-state index contributed by atoms with van der Waals surface area (Å²) >= 11 is 0. The number of aryl methyl sites for hydroxylation is 1. The Morgan fingerprint density at radius 1 is 1.19 bits per heavy atom. The molecule has 8 heteroatoms. The first kappa shape index (κ1) is 25.2. The Kier molecular flexibility index (Phi) is 10.3. The molecule has 0 atom stereocenters. The normalized spacial score (nSPS) is 14.0. The predicted molar refractivity (Wildman–Crippen MR) is 136 cm³/mol. The quantitative estimate of drug-likeness (QED) is 0.223. The third-order valence-electron chi connectivity index (χ3n) is 5.51. The number of benzene rings is 1. The second-order valence-electron chi connectivity index (χ2n) is 7.75. The minimum absolute atomic E-state index is 0. The van der Waals surface area contributed by atoms with Crippen LogP contribution in [-0.2, 0) is 17.9 Å². The van der Waals surface area contributed by atoms with Crippen molar-refractivity contribution in [1.82, 2.24) is 25.3 Å². The molecule has 0 aliphatic carbocycles. The van der Waals surface area contributed by atoms with Gasteiger partial charge in [-0.25, -0.2) is 4.99 Å². The highest BCUT2D eigenvalue weighted by Gasteiger charge is 2.19. The highest BCUT2D eigenvalue weighted by Crippen LogP contribution is 2.16. The number of nitrogens with one attached hydrogen (secondary N) is 2. The lowest BCUT2D eigenvalue weighted by atomic mass is 10.2. The second-order valence-corrected chi connectivity index (χ2v) is 7.75. The van der Waals surface area contributed by atoms with E-state index in [1.807, 2.05) is 17.9 Å². The molecule has 0 saturated carbocycles. The summed E-state index contributed by atoms with van der Waals surface area (Å²) in [5, 5.41) is 11.4. The summed E-state index contributed by atoms with van der Waals surface area (Å²) in [6.07, 6.45) is 2.62. The smallest absolute Gasteiger partial charge is 0.222 e. The number of hydrogen-bond donors (Lipinski definition) is 2. The lowest BCUT2D eigenvalue weighted by Crippen LogP contribution is -2.39. The average molecular weight is 538 g/mol. The highest BCUT2D eigenvalue weighted by molar-refractivity contribution is 14.0. The molecule has 2 aromatic rings. The van der Waals surface area contributed by atoms with E-state index in [2.05, 4.69) is 53.4 Å². The molecule has 2 heterocycles. The maximum absolute atomic E-state index is 11.7. The van der Waals surface area contributed by atoms with Gasteiger partial charge in [0.15, 0.2) is 5.96 Å². The summed E-state index contributed by atoms with van der Waals surface area (Å²) < 4.78 is 2.06. The van der Waals surface area contributed by atoms with Crippen molar-refractivity contribution in [3.8, 4) is 0 Å². The van der Waals surface area contributed by atoms with Gasteiger partial charge < -0.3 is 15.5 Å². The lowest BCUT2D eigenvalue weighted by molar-refractivity contribution is -0.127. The van der Waals surface area contributed by atoms with Gasteiger partial charge in [0.05, 0.1) is 18.8 Å². The zero-order chi connectivity index (χ0) is 21.3. The molecule has 0 unspecified atom stereocenters. The number of nitrogens with zero attached hydrogens (tertiary/aromatic N) is 4. The number of aromatic nitrogens is 2. The Labute approximate surface area is 202 Å². The van der Waals surface area contributed by atoms with Gasteiger partial charge in [0.25, 0.3) is 0 Å². The molecule has 1 aliphatic rings. The molecule has 2 N–H and O–H groups in total. The van der Waals surface area contributed by atoms with Gasteiger partial charge in [-0.1, -0.05) is 30.3 Å². The second kappa shape index (κ2) is 12.7. The number of halogens is 1. The largest absolute Gasteiger partial charge is 0.357 e. The van der Waals surface area contributed by atoms with Crippen molar-refractivity contribution in [2.75, 3.05) is 26.2 Å². The Morgan fingerprint density at radius 2 is 1.97 bits per heavy atom. The fourth-order valence-corrected chi connectivity index (χ4v) is 3.79. The van der Waals surface area contributed by atoms with Crippen LogP contribution in [0.3, 0.4) is 0 Å². The summed E-state index contributed by atoms with van der Waals surface area (Å²) in [7, 11) is 0. The molecule has 0 spiro atoms. The van der Waals surface area contributed by atoms with E-state index in [4.69, 9.17) is 10.1 Å². The van der Waals surface area contributed by atoms with Gasteiger partial charge in [0.2, 0.25) is 5.91 Å². The first-order chi connectivity index (χ1) is 14.6. The van der Waals surface area contributed by atoms with Crippen molar-refractivity contribution in [1.29, 1.82) is 0 Å². The van der Waals surface area contributed by atoms with Gasteiger partial charge >= 0.3 is 0 Å². The fraction of sp³-hybridized carbons (Fsp3) is 0.522. The minimum atomic E-state index is 0. The molecule has 1 amide bonds. The number of likely N-dealkylation sites (tertiary alicyclic amines) is 1. The van der Waals surface area contributed by atoms with E-state index < -0.39 is 0 Å². The first-order valence-electron chi connectivity index (χ1n) is 10.9. The van der Waals surface area contributed by atoms with E-state index in [1.165, 1.54) is 11.1 Å². The van der Waals surface area contributed by atoms with Gasteiger partial charge in [-0.15, -0.1) is 24.0 Å². The van der Waals surface area contributed by atoms with Crippen LogP contribution in [0.1, 0.15) is 48.7 Å². The van der Waals surface area contributed by atoms with Gasteiger partial charge in [0.1, 0.15) is 0 Å². The zero-order valence-corrected chi connectivity index (χ0v) is 21.2. The van der Waals surface area contributed by atoms with Crippen LogP contribution in [0, 0.1) is 13.8 Å².